The molecule has 0 radical (unpaired) electrons. The summed E-state index contributed by atoms with van der Waals surface area (Å²) in [4.78, 5) is 17.5. The second-order valence-electron chi connectivity index (χ2n) is 6.89. The summed E-state index contributed by atoms with van der Waals surface area (Å²) in [6, 6.07) is 17.9. The van der Waals surface area contributed by atoms with Gasteiger partial charge < -0.3 is 4.74 Å². The van der Waals surface area contributed by atoms with Crippen LogP contribution < -0.4 is 5.84 Å². The molecule has 1 aromatic heterocycles. The Kier molecular flexibility index (Phi) is 8.57. The van der Waals surface area contributed by atoms with E-state index in [2.05, 4.69) is 20.9 Å². The number of hydrogen-bond acceptors (Lipinski definition) is 6. The summed E-state index contributed by atoms with van der Waals surface area (Å²) in [5.41, 5.74) is 2.81. The molecule has 4 rings (SSSR count). The Morgan fingerprint density at radius 2 is 1.73 bits per heavy atom. The lowest BCUT2D eigenvalue weighted by molar-refractivity contribution is 0.0526. The van der Waals surface area contributed by atoms with Gasteiger partial charge in [0.2, 0.25) is 5.01 Å². The van der Waals surface area contributed by atoms with Gasteiger partial charge in [-0.15, -0.1) is 11.3 Å². The molecule has 2 heterocycles. The maximum Gasteiger partial charge on any atom is 0.367 e. The van der Waals surface area contributed by atoms with Gasteiger partial charge in [-0.25, -0.2) is 14.8 Å². The molecular weight excluding hydrogens is 462 g/mol. The number of benzene rings is 2. The molecule has 0 unspecified atom stereocenters. The Morgan fingerprint density at radius 3 is 2.30 bits per heavy atom. The van der Waals surface area contributed by atoms with Gasteiger partial charge in [0.1, 0.15) is 0 Å². The molecule has 0 atom stereocenters. The molecule has 2 aromatic carbocycles. The van der Waals surface area contributed by atoms with E-state index in [0.717, 1.165) is 39.3 Å². The van der Waals surface area contributed by atoms with E-state index in [1.165, 1.54) is 30.6 Å². The topological polar surface area (TPSA) is 68.4 Å². The monoisotopic (exact) mass is 487 g/mol. The van der Waals surface area contributed by atoms with Crippen LogP contribution in [-0.2, 0) is 4.74 Å². The van der Waals surface area contributed by atoms with Crippen LogP contribution in [0.25, 0.3) is 21.7 Å². The fourth-order valence-electron chi connectivity index (χ4n) is 3.11. The standard InChI is InChI=1S/C18H14BrNO2S.C5H12N2/c1-2-22-18(21)17-20-15(12-8-10-14(19)11-9-12)16(23-17)13-6-4-3-5-7-13;6-7-4-2-1-3-5-7/h3-11H,2H2,1H3;1-6H2. The average molecular weight is 488 g/mol. The van der Waals surface area contributed by atoms with Gasteiger partial charge in [0.25, 0.3) is 0 Å². The number of hydrazine groups is 1. The highest BCUT2D eigenvalue weighted by atomic mass is 79.9. The molecule has 1 saturated heterocycles. The van der Waals surface area contributed by atoms with Crippen LogP contribution in [0, 0.1) is 0 Å². The highest BCUT2D eigenvalue weighted by Crippen LogP contribution is 2.37. The summed E-state index contributed by atoms with van der Waals surface area (Å²) in [6.45, 7) is 4.33. The lowest BCUT2D eigenvalue weighted by Crippen LogP contribution is -2.35. The number of carbonyl (C=O) groups excluding carboxylic acids is 1. The first kappa shape index (κ1) is 22.6. The van der Waals surface area contributed by atoms with E-state index in [1.54, 1.807) is 6.92 Å². The van der Waals surface area contributed by atoms with Crippen LogP contribution >= 0.6 is 27.3 Å². The third-order valence-corrected chi connectivity index (χ3v) is 6.23. The average Bonchev–Trinajstić information content (AvgIpc) is 3.22. The Balaban J connectivity index is 0.000000310. The van der Waals surface area contributed by atoms with Crippen LogP contribution in [0.15, 0.2) is 59.1 Å². The van der Waals surface area contributed by atoms with Crippen molar-refractivity contribution in [1.82, 2.24) is 9.99 Å². The van der Waals surface area contributed by atoms with Gasteiger partial charge in [-0.05, 0) is 37.5 Å². The maximum absolute atomic E-state index is 12.0. The number of nitrogens with two attached hydrogens (primary N) is 1. The molecular formula is C23H26BrN3O2S. The molecule has 5 nitrogen and oxygen atoms in total. The molecule has 0 bridgehead atoms. The Labute approximate surface area is 190 Å². The van der Waals surface area contributed by atoms with E-state index >= 15 is 0 Å². The van der Waals surface area contributed by atoms with Crippen LogP contribution in [0.3, 0.4) is 0 Å². The van der Waals surface area contributed by atoms with Crippen LogP contribution in [-0.4, -0.2) is 35.7 Å². The Hall–Kier alpha value is -2.06. The lowest BCUT2D eigenvalue weighted by Gasteiger charge is -2.20. The first-order valence-corrected chi connectivity index (χ1v) is 11.7. The van der Waals surface area contributed by atoms with Gasteiger partial charge in [0.05, 0.1) is 17.2 Å². The van der Waals surface area contributed by atoms with Crippen LogP contribution in [0.2, 0.25) is 0 Å². The van der Waals surface area contributed by atoms with Gasteiger partial charge >= 0.3 is 5.97 Å². The molecule has 0 spiro atoms. The van der Waals surface area contributed by atoms with E-state index in [-0.39, 0.29) is 5.97 Å². The number of esters is 1. The predicted octanol–water partition coefficient (Wildman–Crippen LogP) is 5.76. The van der Waals surface area contributed by atoms with Gasteiger partial charge in [-0.1, -0.05) is 64.8 Å². The van der Waals surface area contributed by atoms with Gasteiger partial charge in [-0.2, -0.15) is 0 Å². The minimum Gasteiger partial charge on any atom is -0.461 e. The summed E-state index contributed by atoms with van der Waals surface area (Å²) >= 11 is 4.80. The van der Waals surface area contributed by atoms with Crippen LogP contribution in [0.4, 0.5) is 0 Å². The van der Waals surface area contributed by atoms with E-state index in [4.69, 9.17) is 10.6 Å². The fraction of sp³-hybridized carbons (Fsp3) is 0.304. The highest BCUT2D eigenvalue weighted by molar-refractivity contribution is 9.10. The molecule has 30 heavy (non-hydrogen) atoms. The number of halogens is 1. The van der Waals surface area contributed by atoms with Gasteiger partial charge in [0.15, 0.2) is 0 Å². The molecule has 0 saturated carbocycles. The van der Waals surface area contributed by atoms with Crippen molar-refractivity contribution in [2.24, 2.45) is 5.84 Å². The van der Waals surface area contributed by atoms with E-state index in [1.807, 2.05) is 59.6 Å². The maximum atomic E-state index is 12.0. The van der Waals surface area contributed by atoms with Crippen molar-refractivity contribution < 1.29 is 9.53 Å². The predicted molar refractivity (Wildman–Crippen MR) is 126 cm³/mol. The summed E-state index contributed by atoms with van der Waals surface area (Å²) in [5, 5.41) is 2.27. The fourth-order valence-corrected chi connectivity index (χ4v) is 4.36. The molecule has 1 fully saturated rings. The molecule has 1 aliphatic rings. The van der Waals surface area contributed by atoms with Crippen molar-refractivity contribution in [2.45, 2.75) is 26.2 Å². The largest absolute Gasteiger partial charge is 0.461 e. The third kappa shape index (κ3) is 6.22. The lowest BCUT2D eigenvalue weighted by atomic mass is 10.1. The SMILES string of the molecule is CCOC(=O)c1nc(-c2ccc(Br)cc2)c(-c2ccccc2)s1.NN1CCCCC1. The van der Waals surface area contributed by atoms with Crippen molar-refractivity contribution in [1.29, 1.82) is 0 Å². The van der Waals surface area contributed by atoms with Crippen molar-refractivity contribution in [3.05, 3.63) is 64.1 Å². The molecule has 7 heteroatoms. The molecule has 3 aromatic rings. The Bertz CT molecular complexity index is 939. The van der Waals surface area contributed by atoms with Crippen LogP contribution in [0.1, 0.15) is 36.0 Å². The first-order valence-electron chi connectivity index (χ1n) is 10.1. The van der Waals surface area contributed by atoms with E-state index in [9.17, 15) is 4.79 Å². The van der Waals surface area contributed by atoms with Crippen molar-refractivity contribution in [3.8, 4) is 21.7 Å². The second kappa shape index (κ2) is 11.4. The molecule has 0 amide bonds. The van der Waals surface area contributed by atoms with Crippen molar-refractivity contribution in [2.75, 3.05) is 19.7 Å². The third-order valence-electron chi connectivity index (χ3n) is 4.62. The number of rotatable bonds is 4. The van der Waals surface area contributed by atoms with Gasteiger partial charge in [0, 0.05) is 23.1 Å². The van der Waals surface area contributed by atoms with Crippen molar-refractivity contribution in [3.63, 3.8) is 0 Å². The number of thiazole rings is 1. The zero-order valence-electron chi connectivity index (χ0n) is 17.0. The number of piperidine rings is 1. The number of hydrogen-bond donors (Lipinski definition) is 1. The normalized spacial score (nSPS) is 14.0. The van der Waals surface area contributed by atoms with E-state index in [0.29, 0.717) is 11.6 Å². The molecule has 2 N–H and O–H groups in total. The number of aromatic nitrogens is 1. The van der Waals surface area contributed by atoms with Crippen LogP contribution in [0.5, 0.6) is 0 Å². The quantitative estimate of drug-likeness (QED) is 0.374. The Morgan fingerprint density at radius 1 is 1.07 bits per heavy atom. The summed E-state index contributed by atoms with van der Waals surface area (Å²) < 4.78 is 6.09. The zero-order chi connectivity index (χ0) is 21.3. The smallest absolute Gasteiger partial charge is 0.367 e. The summed E-state index contributed by atoms with van der Waals surface area (Å²) in [6.07, 6.45) is 3.95. The zero-order valence-corrected chi connectivity index (χ0v) is 19.4. The molecule has 0 aliphatic carbocycles. The minimum absolute atomic E-state index is 0.340. The van der Waals surface area contributed by atoms with E-state index < -0.39 is 0 Å². The molecule has 1 aliphatic heterocycles. The summed E-state index contributed by atoms with van der Waals surface area (Å²) in [7, 11) is 0. The second-order valence-corrected chi connectivity index (χ2v) is 8.80. The molecule has 158 valence electrons. The van der Waals surface area contributed by atoms with Gasteiger partial charge in [-0.3, -0.25) is 5.84 Å². The first-order chi connectivity index (χ1) is 14.6. The minimum atomic E-state index is -0.377. The number of ether oxygens (including phenoxy) is 1. The number of nitrogens with zero attached hydrogens (tertiary/aromatic N) is 2. The number of carbonyl (C=O) groups is 1. The highest BCUT2D eigenvalue weighted by Gasteiger charge is 2.19. The van der Waals surface area contributed by atoms with Crippen molar-refractivity contribution >= 4 is 33.2 Å². The summed E-state index contributed by atoms with van der Waals surface area (Å²) in [5.74, 6) is 5.09.